The van der Waals surface area contributed by atoms with Gasteiger partial charge in [-0.05, 0) is 32.0 Å². The number of ether oxygens (including phenoxy) is 1. The first kappa shape index (κ1) is 17.0. The Kier molecular flexibility index (Phi) is 6.62. The monoisotopic (exact) mass is 316 g/mol. The quantitative estimate of drug-likeness (QED) is 0.690. The van der Waals surface area contributed by atoms with Crippen LogP contribution in [0.4, 0.5) is 0 Å². The fraction of sp³-hybridized carbons (Fsp3) is 0.412. The summed E-state index contributed by atoms with van der Waals surface area (Å²) in [6.07, 6.45) is 3.67. The maximum absolute atomic E-state index is 11.8. The number of carbonyl (C=O) groups is 1. The summed E-state index contributed by atoms with van der Waals surface area (Å²) in [6, 6.07) is 11.8. The molecule has 0 fully saturated rings. The molecule has 2 aromatic rings. The molecule has 0 saturated carbocycles. The van der Waals surface area contributed by atoms with Gasteiger partial charge in [-0.1, -0.05) is 18.2 Å². The fourth-order valence-corrected chi connectivity index (χ4v) is 2.11. The number of benzene rings is 1. The number of para-hydroxylation sites is 1. The molecule has 23 heavy (non-hydrogen) atoms. The van der Waals surface area contributed by atoms with E-state index in [1.165, 1.54) is 0 Å². The molecule has 0 radical (unpaired) electrons. The van der Waals surface area contributed by atoms with E-state index in [1.807, 2.05) is 54.2 Å². The number of nitrogens with one attached hydrogen (secondary N) is 2. The number of carbonyl (C=O) groups excluding carboxylic acids is 1. The minimum absolute atomic E-state index is 0.0406. The Hall–Kier alpha value is -2.34. The van der Waals surface area contributed by atoms with Gasteiger partial charge in [-0.3, -0.25) is 9.48 Å². The van der Waals surface area contributed by atoms with Gasteiger partial charge in [0.25, 0.3) is 0 Å². The largest absolute Gasteiger partial charge is 0.492 e. The van der Waals surface area contributed by atoms with Crippen LogP contribution in [0.2, 0.25) is 0 Å². The van der Waals surface area contributed by atoms with Crippen LogP contribution >= 0.6 is 0 Å². The maximum atomic E-state index is 11.8. The standard InChI is InChI=1S/C17H24N4O2/c1-14(15(2)21-11-6-9-20-21)19-13-17(22)18-10-12-23-16-7-4-3-5-8-16/h3-9,11,14-15,19H,10,12-13H2,1-2H3,(H,18,22)/t14-,15-/m1/s1. The minimum Gasteiger partial charge on any atom is -0.492 e. The molecule has 2 rings (SSSR count). The number of rotatable bonds is 9. The molecule has 1 heterocycles. The lowest BCUT2D eigenvalue weighted by Gasteiger charge is -2.21. The van der Waals surface area contributed by atoms with Crippen LogP contribution in [-0.4, -0.2) is 41.4 Å². The van der Waals surface area contributed by atoms with E-state index in [4.69, 9.17) is 4.74 Å². The third-order valence-corrected chi connectivity index (χ3v) is 3.69. The molecule has 0 aliphatic heterocycles. The van der Waals surface area contributed by atoms with E-state index in [-0.39, 0.29) is 24.5 Å². The highest BCUT2D eigenvalue weighted by Crippen LogP contribution is 2.08. The minimum atomic E-state index is -0.0406. The van der Waals surface area contributed by atoms with E-state index in [2.05, 4.69) is 22.7 Å². The average Bonchev–Trinajstić information content (AvgIpc) is 3.11. The van der Waals surface area contributed by atoms with Crippen LogP contribution in [0.1, 0.15) is 19.9 Å². The first-order valence-electron chi connectivity index (χ1n) is 7.84. The molecule has 2 N–H and O–H groups in total. The van der Waals surface area contributed by atoms with Crippen molar-refractivity contribution in [1.82, 2.24) is 20.4 Å². The topological polar surface area (TPSA) is 68.2 Å². The lowest BCUT2D eigenvalue weighted by atomic mass is 10.2. The molecule has 0 aliphatic carbocycles. The van der Waals surface area contributed by atoms with Gasteiger partial charge in [0.2, 0.25) is 5.91 Å². The van der Waals surface area contributed by atoms with E-state index in [9.17, 15) is 4.79 Å². The predicted octanol–water partition coefficient (Wildman–Crippen LogP) is 1.62. The molecule has 6 heteroatoms. The normalized spacial score (nSPS) is 13.3. The summed E-state index contributed by atoms with van der Waals surface area (Å²) in [5.74, 6) is 0.766. The Bertz CT molecular complexity index is 572. The summed E-state index contributed by atoms with van der Waals surface area (Å²) < 4.78 is 7.40. The molecule has 0 unspecified atom stereocenters. The summed E-state index contributed by atoms with van der Waals surface area (Å²) in [5.41, 5.74) is 0. The third kappa shape index (κ3) is 5.75. The number of nitrogens with zero attached hydrogens (tertiary/aromatic N) is 2. The summed E-state index contributed by atoms with van der Waals surface area (Å²) >= 11 is 0. The van der Waals surface area contributed by atoms with Crippen molar-refractivity contribution < 1.29 is 9.53 Å². The zero-order valence-electron chi connectivity index (χ0n) is 13.6. The molecule has 2 atom stereocenters. The smallest absolute Gasteiger partial charge is 0.234 e. The lowest BCUT2D eigenvalue weighted by molar-refractivity contribution is -0.120. The molecule has 124 valence electrons. The molecule has 1 aromatic heterocycles. The Labute approximate surface area is 136 Å². The van der Waals surface area contributed by atoms with Crippen LogP contribution in [0.5, 0.6) is 5.75 Å². The van der Waals surface area contributed by atoms with Crippen molar-refractivity contribution in [1.29, 1.82) is 0 Å². The summed E-state index contributed by atoms with van der Waals surface area (Å²) in [6.45, 7) is 5.32. The number of hydrogen-bond acceptors (Lipinski definition) is 4. The number of hydrogen-bond donors (Lipinski definition) is 2. The molecular weight excluding hydrogens is 292 g/mol. The van der Waals surface area contributed by atoms with Crippen molar-refractivity contribution in [2.24, 2.45) is 0 Å². The Balaban J connectivity index is 1.59. The molecule has 0 spiro atoms. The van der Waals surface area contributed by atoms with E-state index in [0.29, 0.717) is 13.2 Å². The van der Waals surface area contributed by atoms with Gasteiger partial charge in [0.05, 0.1) is 19.1 Å². The van der Waals surface area contributed by atoms with Crippen LogP contribution in [-0.2, 0) is 4.79 Å². The average molecular weight is 316 g/mol. The lowest BCUT2D eigenvalue weighted by Crippen LogP contribution is -2.42. The van der Waals surface area contributed by atoms with Gasteiger partial charge >= 0.3 is 0 Å². The van der Waals surface area contributed by atoms with Crippen molar-refractivity contribution in [3.8, 4) is 5.75 Å². The summed E-state index contributed by atoms with van der Waals surface area (Å²) in [7, 11) is 0. The highest BCUT2D eigenvalue weighted by molar-refractivity contribution is 5.77. The van der Waals surface area contributed by atoms with Crippen LogP contribution in [0, 0.1) is 0 Å². The van der Waals surface area contributed by atoms with Gasteiger partial charge in [-0.15, -0.1) is 0 Å². The fourth-order valence-electron chi connectivity index (χ4n) is 2.11. The van der Waals surface area contributed by atoms with Crippen molar-refractivity contribution in [2.75, 3.05) is 19.7 Å². The van der Waals surface area contributed by atoms with Crippen LogP contribution < -0.4 is 15.4 Å². The van der Waals surface area contributed by atoms with Crippen molar-refractivity contribution in [2.45, 2.75) is 25.9 Å². The first-order valence-corrected chi connectivity index (χ1v) is 7.84. The molecule has 1 aromatic carbocycles. The van der Waals surface area contributed by atoms with Gasteiger partial charge in [-0.2, -0.15) is 5.10 Å². The van der Waals surface area contributed by atoms with E-state index >= 15 is 0 Å². The predicted molar refractivity (Wildman–Crippen MR) is 89.3 cm³/mol. The van der Waals surface area contributed by atoms with Gasteiger partial charge in [0.15, 0.2) is 0 Å². The molecule has 0 saturated heterocycles. The Morgan fingerprint density at radius 3 is 2.74 bits per heavy atom. The van der Waals surface area contributed by atoms with Gasteiger partial charge < -0.3 is 15.4 Å². The van der Waals surface area contributed by atoms with E-state index in [0.717, 1.165) is 5.75 Å². The zero-order chi connectivity index (χ0) is 16.5. The third-order valence-electron chi connectivity index (χ3n) is 3.69. The van der Waals surface area contributed by atoms with E-state index < -0.39 is 0 Å². The van der Waals surface area contributed by atoms with Gasteiger partial charge in [0, 0.05) is 18.4 Å². The maximum Gasteiger partial charge on any atom is 0.234 e. The SMILES string of the molecule is C[C@H]([C@@H](C)NCC(=O)NCCOc1ccccc1)n1cccn1. The molecule has 0 bridgehead atoms. The van der Waals surface area contributed by atoms with E-state index in [1.54, 1.807) is 6.20 Å². The van der Waals surface area contributed by atoms with Crippen LogP contribution in [0.3, 0.4) is 0 Å². The van der Waals surface area contributed by atoms with Crippen molar-refractivity contribution >= 4 is 5.91 Å². The van der Waals surface area contributed by atoms with Gasteiger partial charge in [0.1, 0.15) is 12.4 Å². The second kappa shape index (κ2) is 8.95. The summed E-state index contributed by atoms with van der Waals surface area (Å²) in [4.78, 5) is 11.8. The number of aromatic nitrogens is 2. The summed E-state index contributed by atoms with van der Waals surface area (Å²) in [5, 5.41) is 10.3. The molecular formula is C17H24N4O2. The first-order chi connectivity index (χ1) is 11.2. The second-order valence-corrected chi connectivity index (χ2v) is 5.41. The van der Waals surface area contributed by atoms with Crippen molar-refractivity contribution in [3.05, 3.63) is 48.8 Å². The van der Waals surface area contributed by atoms with Crippen LogP contribution in [0.25, 0.3) is 0 Å². The van der Waals surface area contributed by atoms with Crippen LogP contribution in [0.15, 0.2) is 48.8 Å². The Morgan fingerprint density at radius 1 is 1.26 bits per heavy atom. The zero-order valence-corrected chi connectivity index (χ0v) is 13.6. The highest BCUT2D eigenvalue weighted by Gasteiger charge is 2.14. The van der Waals surface area contributed by atoms with Crippen molar-refractivity contribution in [3.63, 3.8) is 0 Å². The molecule has 1 amide bonds. The Morgan fingerprint density at radius 2 is 2.04 bits per heavy atom. The molecule has 6 nitrogen and oxygen atoms in total. The van der Waals surface area contributed by atoms with Gasteiger partial charge in [-0.25, -0.2) is 0 Å². The second-order valence-electron chi connectivity index (χ2n) is 5.41. The number of amides is 1. The molecule has 0 aliphatic rings. The highest BCUT2D eigenvalue weighted by atomic mass is 16.5.